The van der Waals surface area contributed by atoms with Crippen LogP contribution in [0.1, 0.15) is 27.2 Å². The van der Waals surface area contributed by atoms with Crippen LogP contribution in [0.3, 0.4) is 0 Å². The lowest BCUT2D eigenvalue weighted by molar-refractivity contribution is -0.141. The number of amides is 1. The van der Waals surface area contributed by atoms with E-state index < -0.39 is 23.6 Å². The van der Waals surface area contributed by atoms with Crippen LogP contribution < -0.4 is 5.32 Å². The van der Waals surface area contributed by atoms with Gasteiger partial charge in [-0.1, -0.05) is 0 Å². The maximum atomic E-state index is 11.9. The minimum atomic E-state index is -0.878. The van der Waals surface area contributed by atoms with Gasteiger partial charge in [-0.2, -0.15) is 0 Å². The zero-order valence-electron chi connectivity index (χ0n) is 10.7. The Labute approximate surface area is 101 Å². The van der Waals surface area contributed by atoms with Crippen molar-refractivity contribution < 1.29 is 19.4 Å². The Bertz CT molecular complexity index is 311. The Kier molecular flexibility index (Phi) is 3.98. The highest BCUT2D eigenvalue weighted by Crippen LogP contribution is 2.23. The summed E-state index contributed by atoms with van der Waals surface area (Å²) in [7, 11) is 1.70. The molecular formula is C11H20N2O4. The predicted octanol–water partition coefficient (Wildman–Crippen LogP) is 0.873. The van der Waals surface area contributed by atoms with Crippen molar-refractivity contribution in [3.8, 4) is 0 Å². The first-order chi connectivity index (χ1) is 7.74. The lowest BCUT2D eigenvalue weighted by Gasteiger charge is -2.28. The second-order valence-corrected chi connectivity index (χ2v) is 5.21. The van der Waals surface area contributed by atoms with Gasteiger partial charge in [0.15, 0.2) is 0 Å². The van der Waals surface area contributed by atoms with Crippen LogP contribution in [0.15, 0.2) is 0 Å². The molecule has 2 N–H and O–H groups in total. The molecule has 6 nitrogen and oxygen atoms in total. The van der Waals surface area contributed by atoms with Crippen molar-refractivity contribution in [2.45, 2.75) is 39.0 Å². The minimum Gasteiger partial charge on any atom is -0.481 e. The van der Waals surface area contributed by atoms with Gasteiger partial charge < -0.3 is 15.2 Å². The Hall–Kier alpha value is -1.30. The summed E-state index contributed by atoms with van der Waals surface area (Å²) < 4.78 is 5.24. The summed E-state index contributed by atoms with van der Waals surface area (Å²) >= 11 is 0. The first-order valence-electron chi connectivity index (χ1n) is 5.64. The quantitative estimate of drug-likeness (QED) is 0.753. The summed E-state index contributed by atoms with van der Waals surface area (Å²) in [6.07, 6.45) is -0.336. The summed E-state index contributed by atoms with van der Waals surface area (Å²) in [6, 6.07) is 0. The van der Waals surface area contributed by atoms with Gasteiger partial charge >= 0.3 is 12.1 Å². The lowest BCUT2D eigenvalue weighted by atomic mass is 10.1. The molecule has 0 spiro atoms. The van der Waals surface area contributed by atoms with E-state index in [4.69, 9.17) is 9.84 Å². The van der Waals surface area contributed by atoms with Gasteiger partial charge in [0.2, 0.25) is 0 Å². The Morgan fingerprint density at radius 2 is 2.00 bits per heavy atom. The van der Waals surface area contributed by atoms with Crippen LogP contribution in [0.25, 0.3) is 0 Å². The first kappa shape index (κ1) is 13.8. The molecular weight excluding hydrogens is 224 g/mol. The Morgan fingerprint density at radius 3 is 2.41 bits per heavy atom. The summed E-state index contributed by atoms with van der Waals surface area (Å²) in [5.74, 6) is -1.41. The molecule has 0 bridgehead atoms. The van der Waals surface area contributed by atoms with Gasteiger partial charge in [-0.15, -0.1) is 0 Å². The maximum Gasteiger partial charge on any atom is 0.411 e. The second kappa shape index (κ2) is 4.91. The molecule has 0 saturated carbocycles. The molecule has 0 radical (unpaired) electrons. The van der Waals surface area contributed by atoms with Crippen LogP contribution in [0.4, 0.5) is 4.79 Å². The van der Waals surface area contributed by atoms with Crippen molar-refractivity contribution in [1.82, 2.24) is 10.2 Å². The van der Waals surface area contributed by atoms with Crippen molar-refractivity contribution in [1.29, 1.82) is 0 Å². The van der Waals surface area contributed by atoms with Crippen LogP contribution >= 0.6 is 0 Å². The third-order valence-corrected chi connectivity index (χ3v) is 2.61. The normalized spacial score (nSPS) is 24.8. The zero-order valence-corrected chi connectivity index (χ0v) is 10.7. The topological polar surface area (TPSA) is 78.9 Å². The largest absolute Gasteiger partial charge is 0.481 e. The molecule has 98 valence electrons. The molecule has 2 atom stereocenters. The number of hydrogen-bond donors (Lipinski definition) is 2. The first-order valence-corrected chi connectivity index (χ1v) is 5.64. The van der Waals surface area contributed by atoms with Crippen molar-refractivity contribution >= 4 is 12.1 Å². The third-order valence-electron chi connectivity index (χ3n) is 2.61. The number of nitrogens with one attached hydrogen (secondary N) is 1. The average Bonchev–Trinajstić information content (AvgIpc) is 2.58. The highest BCUT2D eigenvalue weighted by molar-refractivity contribution is 5.74. The van der Waals surface area contributed by atoms with E-state index in [0.29, 0.717) is 6.42 Å². The predicted molar refractivity (Wildman–Crippen MR) is 61.5 cm³/mol. The van der Waals surface area contributed by atoms with E-state index in [1.807, 2.05) is 0 Å². The SMILES string of the molecule is CN[C@@H]1C[C@H](C(=O)O)CN1C(=O)OC(C)(C)C. The number of rotatable bonds is 2. The number of hydrogen-bond acceptors (Lipinski definition) is 4. The summed E-state index contributed by atoms with van der Waals surface area (Å²) in [5.41, 5.74) is -0.573. The van der Waals surface area contributed by atoms with Crippen molar-refractivity contribution in [2.75, 3.05) is 13.6 Å². The summed E-state index contributed by atoms with van der Waals surface area (Å²) in [5, 5.41) is 11.9. The molecule has 0 aromatic heterocycles. The van der Waals surface area contributed by atoms with E-state index in [9.17, 15) is 9.59 Å². The van der Waals surface area contributed by atoms with Gasteiger partial charge in [-0.3, -0.25) is 9.69 Å². The maximum absolute atomic E-state index is 11.9. The van der Waals surface area contributed by atoms with E-state index >= 15 is 0 Å². The third kappa shape index (κ3) is 3.59. The highest BCUT2D eigenvalue weighted by Gasteiger charge is 2.39. The molecule has 1 aliphatic rings. The monoisotopic (exact) mass is 244 g/mol. The van der Waals surface area contributed by atoms with Crippen LogP contribution in [0, 0.1) is 5.92 Å². The average molecular weight is 244 g/mol. The molecule has 1 rings (SSSR count). The fourth-order valence-electron chi connectivity index (χ4n) is 1.81. The van der Waals surface area contributed by atoms with Crippen LogP contribution in [-0.2, 0) is 9.53 Å². The van der Waals surface area contributed by atoms with E-state index in [2.05, 4.69) is 5.32 Å². The fraction of sp³-hybridized carbons (Fsp3) is 0.818. The van der Waals surface area contributed by atoms with E-state index in [1.165, 1.54) is 4.90 Å². The van der Waals surface area contributed by atoms with Gasteiger partial charge in [0.05, 0.1) is 12.1 Å². The lowest BCUT2D eigenvalue weighted by Crippen LogP contribution is -2.45. The second-order valence-electron chi connectivity index (χ2n) is 5.21. The Morgan fingerprint density at radius 1 is 1.41 bits per heavy atom. The van der Waals surface area contributed by atoms with E-state index in [1.54, 1.807) is 27.8 Å². The minimum absolute atomic E-state index is 0.190. The van der Waals surface area contributed by atoms with Crippen molar-refractivity contribution in [3.63, 3.8) is 0 Å². The molecule has 17 heavy (non-hydrogen) atoms. The van der Waals surface area contributed by atoms with Crippen LogP contribution in [0.2, 0.25) is 0 Å². The van der Waals surface area contributed by atoms with Crippen LogP contribution in [-0.4, -0.2) is 47.4 Å². The standard InChI is InChI=1S/C11H20N2O4/c1-11(2,3)17-10(16)13-6-7(9(14)15)5-8(13)12-4/h7-8,12H,5-6H2,1-4H3,(H,14,15)/t7-,8-/m0/s1. The van der Waals surface area contributed by atoms with Gasteiger partial charge in [0.1, 0.15) is 5.60 Å². The smallest absolute Gasteiger partial charge is 0.411 e. The number of carbonyl (C=O) groups is 2. The van der Waals surface area contributed by atoms with Gasteiger partial charge in [0, 0.05) is 6.54 Å². The molecule has 0 unspecified atom stereocenters. The van der Waals surface area contributed by atoms with E-state index in [-0.39, 0.29) is 12.7 Å². The molecule has 1 aliphatic heterocycles. The summed E-state index contributed by atoms with van der Waals surface area (Å²) in [6.45, 7) is 5.54. The van der Waals surface area contributed by atoms with Gasteiger partial charge in [-0.25, -0.2) is 4.79 Å². The molecule has 0 aromatic carbocycles. The molecule has 1 saturated heterocycles. The fourth-order valence-corrected chi connectivity index (χ4v) is 1.81. The number of nitrogens with zero attached hydrogens (tertiary/aromatic N) is 1. The summed E-state index contributed by atoms with van der Waals surface area (Å²) in [4.78, 5) is 24.2. The van der Waals surface area contributed by atoms with E-state index in [0.717, 1.165) is 0 Å². The molecule has 0 aliphatic carbocycles. The zero-order chi connectivity index (χ0) is 13.2. The number of carbonyl (C=O) groups excluding carboxylic acids is 1. The molecule has 1 heterocycles. The number of aliphatic carboxylic acids is 1. The van der Waals surface area contributed by atoms with Crippen LogP contribution in [0.5, 0.6) is 0 Å². The number of carboxylic acids is 1. The molecule has 0 aromatic rings. The van der Waals surface area contributed by atoms with Crippen molar-refractivity contribution in [3.05, 3.63) is 0 Å². The number of ether oxygens (including phenoxy) is 1. The molecule has 1 fully saturated rings. The number of carboxylic acid groups (broad SMARTS) is 1. The molecule has 1 amide bonds. The van der Waals surface area contributed by atoms with Gasteiger partial charge in [0.25, 0.3) is 0 Å². The van der Waals surface area contributed by atoms with Gasteiger partial charge in [-0.05, 0) is 34.2 Å². The molecule has 6 heteroatoms. The highest BCUT2D eigenvalue weighted by atomic mass is 16.6. The number of likely N-dealkylation sites (tertiary alicyclic amines) is 1. The van der Waals surface area contributed by atoms with Crippen molar-refractivity contribution in [2.24, 2.45) is 5.92 Å². The Balaban J connectivity index is 2.69.